The molecule has 0 aromatic heterocycles. The molecule has 0 atom stereocenters. The molecule has 0 radical (unpaired) electrons. The molecule has 1 aromatic carbocycles. The quantitative estimate of drug-likeness (QED) is 0.749. The summed E-state index contributed by atoms with van der Waals surface area (Å²) >= 11 is 0. The van der Waals surface area contributed by atoms with Gasteiger partial charge in [-0.05, 0) is 19.1 Å². The second-order valence-corrected chi connectivity index (χ2v) is 7.67. The highest BCUT2D eigenvalue weighted by Gasteiger charge is 2.32. The molecule has 19 heavy (non-hydrogen) atoms. The summed E-state index contributed by atoms with van der Waals surface area (Å²) in [5, 5.41) is 0.599. The van der Waals surface area contributed by atoms with Crippen LogP contribution >= 0.6 is 0 Å². The first-order valence-corrected chi connectivity index (χ1v) is 8.28. The van der Waals surface area contributed by atoms with E-state index in [4.69, 9.17) is 0 Å². The lowest BCUT2D eigenvalue weighted by atomic mass is 10.2. The second kappa shape index (κ2) is 5.68. The summed E-state index contributed by atoms with van der Waals surface area (Å²) in [6, 6.07) is 5.91. The third kappa shape index (κ3) is 3.31. The Bertz CT molecular complexity index is 673. The first kappa shape index (κ1) is 15.6. The molecule has 0 heterocycles. The van der Waals surface area contributed by atoms with Crippen LogP contribution in [0.4, 0.5) is 0 Å². The molecule has 0 aliphatic carbocycles. The lowest BCUT2D eigenvalue weighted by molar-refractivity contribution is 0.519. The van der Waals surface area contributed by atoms with Crippen LogP contribution in [0, 0.1) is 6.92 Å². The van der Waals surface area contributed by atoms with Gasteiger partial charge in [-0.1, -0.05) is 34.1 Å². The van der Waals surface area contributed by atoms with Crippen molar-refractivity contribution >= 4 is 20.0 Å². The molecule has 1 aromatic rings. The maximum absolute atomic E-state index is 12.3. The molecule has 0 bridgehead atoms. The van der Waals surface area contributed by atoms with Crippen molar-refractivity contribution in [2.45, 2.75) is 11.8 Å². The van der Waals surface area contributed by atoms with Gasteiger partial charge in [-0.15, -0.1) is 6.58 Å². The first-order valence-electron chi connectivity index (χ1n) is 5.33. The fourth-order valence-electron chi connectivity index (χ4n) is 1.36. The summed E-state index contributed by atoms with van der Waals surface area (Å²) in [4.78, 5) is -0.0922. The van der Waals surface area contributed by atoms with Gasteiger partial charge in [0.15, 0.2) is 0 Å². The normalized spacial score (nSPS) is 12.3. The van der Waals surface area contributed by atoms with E-state index in [1.54, 1.807) is 19.1 Å². The van der Waals surface area contributed by atoms with Gasteiger partial charge >= 0.3 is 0 Å². The molecular weight excluding hydrogens is 286 g/mol. The smallest absolute Gasteiger partial charge is 0.207 e. The van der Waals surface area contributed by atoms with Crippen molar-refractivity contribution in [2.75, 3.05) is 6.54 Å². The number of hydrogen-bond acceptors (Lipinski definition) is 4. The van der Waals surface area contributed by atoms with Crippen molar-refractivity contribution in [2.24, 2.45) is 0 Å². The number of sulfonamides is 2. The van der Waals surface area contributed by atoms with Gasteiger partial charge in [-0.3, -0.25) is 0 Å². The van der Waals surface area contributed by atoms with Crippen LogP contribution in [-0.2, 0) is 20.0 Å². The van der Waals surface area contributed by atoms with Crippen LogP contribution in [0.5, 0.6) is 0 Å². The summed E-state index contributed by atoms with van der Waals surface area (Å²) < 4.78 is 48.5. The third-order valence-electron chi connectivity index (χ3n) is 2.36. The Balaban J connectivity index is 3.40. The van der Waals surface area contributed by atoms with E-state index < -0.39 is 20.0 Å². The van der Waals surface area contributed by atoms with E-state index in [-0.39, 0.29) is 11.4 Å². The Morgan fingerprint density at radius 3 is 2.05 bits per heavy atom. The van der Waals surface area contributed by atoms with Crippen LogP contribution in [0.3, 0.4) is 0 Å². The molecule has 0 aliphatic heterocycles. The lowest BCUT2D eigenvalue weighted by Crippen LogP contribution is -2.35. The van der Waals surface area contributed by atoms with Gasteiger partial charge in [0.1, 0.15) is 0 Å². The molecular formula is C12H15NO4S2. The number of hydrogen-bond donors (Lipinski definition) is 0. The molecule has 1 rings (SSSR count). The van der Waals surface area contributed by atoms with Crippen LogP contribution < -0.4 is 0 Å². The summed E-state index contributed by atoms with van der Waals surface area (Å²) in [6.45, 7) is 7.95. The summed E-state index contributed by atoms with van der Waals surface area (Å²) in [7, 11) is -8.25. The van der Waals surface area contributed by atoms with Crippen molar-refractivity contribution in [3.05, 3.63) is 54.5 Å². The largest absolute Gasteiger partial charge is 0.256 e. The lowest BCUT2D eigenvalue weighted by Gasteiger charge is -2.18. The molecule has 5 nitrogen and oxygen atoms in total. The molecule has 7 heteroatoms. The Morgan fingerprint density at radius 2 is 1.63 bits per heavy atom. The zero-order valence-corrected chi connectivity index (χ0v) is 12.1. The van der Waals surface area contributed by atoms with E-state index in [1.807, 2.05) is 0 Å². The van der Waals surface area contributed by atoms with E-state index in [0.29, 0.717) is 9.12 Å². The van der Waals surface area contributed by atoms with E-state index in [1.165, 1.54) is 18.2 Å². The van der Waals surface area contributed by atoms with Gasteiger partial charge in [0.2, 0.25) is 10.0 Å². The molecule has 0 fully saturated rings. The number of rotatable bonds is 6. The van der Waals surface area contributed by atoms with Crippen LogP contribution in [0.1, 0.15) is 5.56 Å². The summed E-state index contributed by atoms with van der Waals surface area (Å²) in [5.41, 5.74) is 0.876. The predicted molar refractivity (Wildman–Crippen MR) is 74.4 cm³/mol. The summed E-state index contributed by atoms with van der Waals surface area (Å²) in [5.74, 6) is 0. The highest BCUT2D eigenvalue weighted by Crippen LogP contribution is 2.20. The van der Waals surface area contributed by atoms with E-state index in [9.17, 15) is 16.8 Å². The minimum Gasteiger partial charge on any atom is -0.207 e. The minimum absolute atomic E-state index is 0.0922. The van der Waals surface area contributed by atoms with Crippen LogP contribution in [0.15, 0.2) is 53.8 Å². The number of nitrogens with zero attached hydrogens (tertiary/aromatic N) is 1. The van der Waals surface area contributed by atoms with Gasteiger partial charge in [-0.25, -0.2) is 16.8 Å². The average molecular weight is 301 g/mol. The van der Waals surface area contributed by atoms with Crippen molar-refractivity contribution in [3.63, 3.8) is 0 Å². The highest BCUT2D eigenvalue weighted by atomic mass is 32.3. The zero-order chi connectivity index (χ0) is 14.7. The molecule has 0 aliphatic rings. The second-order valence-electron chi connectivity index (χ2n) is 3.77. The Kier molecular flexibility index (Phi) is 4.67. The summed E-state index contributed by atoms with van der Waals surface area (Å²) in [6.07, 6.45) is 1.20. The predicted octanol–water partition coefficient (Wildman–Crippen LogP) is 1.65. The standard InChI is InChI=1S/C12H15NO4S2/c1-4-10-13(18(14,15)5-2)19(16,17)12-8-6-11(3)7-9-12/h4-9H,1-2,10H2,3H3. The van der Waals surface area contributed by atoms with E-state index >= 15 is 0 Å². The SMILES string of the molecule is C=CCN(S(=O)(=O)C=C)S(=O)(=O)c1ccc(C)cc1. The zero-order valence-electron chi connectivity index (χ0n) is 10.5. The highest BCUT2D eigenvalue weighted by molar-refractivity contribution is 8.05. The van der Waals surface area contributed by atoms with Gasteiger partial charge in [0.05, 0.1) is 4.90 Å². The van der Waals surface area contributed by atoms with Crippen molar-refractivity contribution < 1.29 is 16.8 Å². The number of aryl methyl sites for hydroxylation is 1. The monoisotopic (exact) mass is 301 g/mol. The first-order chi connectivity index (χ1) is 8.75. The fourth-order valence-corrected chi connectivity index (χ4v) is 4.39. The Morgan fingerprint density at radius 1 is 1.11 bits per heavy atom. The topological polar surface area (TPSA) is 71.5 Å². The number of benzene rings is 1. The maximum atomic E-state index is 12.3. The molecule has 0 amide bonds. The Hall–Kier alpha value is -1.44. The van der Waals surface area contributed by atoms with Crippen LogP contribution in [0.25, 0.3) is 0 Å². The van der Waals surface area contributed by atoms with E-state index in [2.05, 4.69) is 13.2 Å². The van der Waals surface area contributed by atoms with Crippen LogP contribution in [0.2, 0.25) is 0 Å². The fraction of sp³-hybridized carbons (Fsp3) is 0.167. The van der Waals surface area contributed by atoms with Gasteiger partial charge in [-0.2, -0.15) is 0 Å². The molecule has 0 saturated carbocycles. The van der Waals surface area contributed by atoms with E-state index in [0.717, 1.165) is 5.56 Å². The molecule has 0 saturated heterocycles. The molecule has 0 spiro atoms. The third-order valence-corrected chi connectivity index (χ3v) is 6.26. The van der Waals surface area contributed by atoms with Gasteiger partial charge in [0, 0.05) is 12.0 Å². The van der Waals surface area contributed by atoms with Crippen molar-refractivity contribution in [1.82, 2.24) is 3.71 Å². The molecule has 104 valence electrons. The minimum atomic E-state index is -4.15. The molecule has 0 unspecified atom stereocenters. The van der Waals surface area contributed by atoms with Gasteiger partial charge < -0.3 is 0 Å². The van der Waals surface area contributed by atoms with Crippen molar-refractivity contribution in [3.8, 4) is 0 Å². The van der Waals surface area contributed by atoms with Crippen molar-refractivity contribution in [1.29, 1.82) is 0 Å². The van der Waals surface area contributed by atoms with Gasteiger partial charge in [0.25, 0.3) is 10.0 Å². The Labute approximate surface area is 114 Å². The van der Waals surface area contributed by atoms with Crippen LogP contribution in [-0.4, -0.2) is 27.1 Å². The average Bonchev–Trinajstić information content (AvgIpc) is 2.36. The molecule has 0 N–H and O–H groups in total. The maximum Gasteiger partial charge on any atom is 0.256 e.